The number of para-hydroxylation sites is 1. The van der Waals surface area contributed by atoms with Crippen LogP contribution in [-0.2, 0) is 6.61 Å². The Morgan fingerprint density at radius 3 is 2.28 bits per heavy atom. The van der Waals surface area contributed by atoms with Gasteiger partial charge < -0.3 is 13.7 Å². The zero-order chi connectivity index (χ0) is 28.9. The van der Waals surface area contributed by atoms with Crippen molar-refractivity contribution in [3.8, 4) is 22.6 Å². The Morgan fingerprint density at radius 1 is 0.674 bits per heavy atom. The first-order chi connectivity index (χ1) is 21.2. The Hall–Kier alpha value is -5.61. The minimum Gasteiger partial charge on any atom is -0.487 e. The summed E-state index contributed by atoms with van der Waals surface area (Å²) in [6.07, 6.45) is 0. The smallest absolute Gasteiger partial charge is 0.146 e. The highest BCUT2D eigenvalue weighted by Gasteiger charge is 2.16. The number of hydrogen-bond acceptors (Lipinski definition) is 3. The molecule has 0 bridgehead atoms. The monoisotopic (exact) mass is 556 g/mol. The van der Waals surface area contributed by atoms with E-state index in [1.54, 1.807) is 0 Å². The second-order valence-corrected chi connectivity index (χ2v) is 11.0. The van der Waals surface area contributed by atoms with Gasteiger partial charge in [-0.1, -0.05) is 78.4 Å². The van der Waals surface area contributed by atoms with Crippen molar-refractivity contribution in [3.05, 3.63) is 139 Å². The van der Waals surface area contributed by atoms with Gasteiger partial charge in [-0.15, -0.1) is 0 Å². The molecule has 43 heavy (non-hydrogen) atoms. The van der Waals surface area contributed by atoms with E-state index in [4.69, 9.17) is 9.15 Å². The molecule has 0 radical (unpaired) electrons. The Labute approximate surface area is 249 Å². The molecule has 8 aromatic rings. The van der Waals surface area contributed by atoms with Gasteiger partial charge in [0.1, 0.15) is 29.2 Å². The van der Waals surface area contributed by atoms with Crippen molar-refractivity contribution in [1.29, 1.82) is 0 Å². The van der Waals surface area contributed by atoms with Crippen molar-refractivity contribution >= 4 is 56.1 Å². The highest BCUT2D eigenvalue weighted by Crippen LogP contribution is 2.42. The molecular formula is C39H28N2O2. The summed E-state index contributed by atoms with van der Waals surface area (Å²) in [6.45, 7) is 6.33. The largest absolute Gasteiger partial charge is 0.487 e. The number of rotatable bonds is 6. The number of hydrogen-bond donors (Lipinski definition) is 0. The lowest BCUT2D eigenvalue weighted by molar-refractivity contribution is 0.308. The molecule has 2 aromatic heterocycles. The summed E-state index contributed by atoms with van der Waals surface area (Å²) >= 11 is 0. The van der Waals surface area contributed by atoms with E-state index in [2.05, 4.69) is 126 Å². The van der Waals surface area contributed by atoms with Gasteiger partial charge in [-0.2, -0.15) is 0 Å². The van der Waals surface area contributed by atoms with E-state index in [1.165, 1.54) is 32.9 Å². The van der Waals surface area contributed by atoms with Crippen molar-refractivity contribution in [2.45, 2.75) is 13.5 Å². The minimum absolute atomic E-state index is 0.413. The third-order valence-corrected chi connectivity index (χ3v) is 8.25. The summed E-state index contributed by atoms with van der Waals surface area (Å²) in [4.78, 5) is 4.36. The summed E-state index contributed by atoms with van der Waals surface area (Å²) in [5, 5.41) is 4.44. The van der Waals surface area contributed by atoms with Gasteiger partial charge in [-0.3, -0.25) is 4.99 Å². The molecule has 0 spiro atoms. The molecule has 0 saturated carbocycles. The quantitative estimate of drug-likeness (QED) is 0.191. The van der Waals surface area contributed by atoms with E-state index in [9.17, 15) is 0 Å². The van der Waals surface area contributed by atoms with Crippen LogP contribution in [0.4, 0.5) is 5.69 Å². The van der Waals surface area contributed by atoms with Crippen molar-refractivity contribution < 1.29 is 9.15 Å². The molecule has 0 aliphatic heterocycles. The van der Waals surface area contributed by atoms with Crippen LogP contribution in [0.2, 0.25) is 0 Å². The Morgan fingerprint density at radius 2 is 1.44 bits per heavy atom. The first kappa shape index (κ1) is 25.1. The fourth-order valence-corrected chi connectivity index (χ4v) is 6.18. The number of aliphatic imine (C=N–C) groups is 1. The van der Waals surface area contributed by atoms with Crippen LogP contribution in [0.25, 0.3) is 60.6 Å². The fourth-order valence-electron chi connectivity index (χ4n) is 6.18. The van der Waals surface area contributed by atoms with Crippen LogP contribution in [0.15, 0.2) is 137 Å². The average molecular weight is 557 g/mol. The minimum atomic E-state index is 0.413. The lowest BCUT2D eigenvalue weighted by Gasteiger charge is -2.12. The molecule has 4 nitrogen and oxygen atoms in total. The van der Waals surface area contributed by atoms with Gasteiger partial charge in [0.25, 0.3) is 0 Å². The summed E-state index contributed by atoms with van der Waals surface area (Å²) in [5.41, 5.74) is 10.5. The summed E-state index contributed by atoms with van der Waals surface area (Å²) in [6, 6.07) is 44.5. The molecule has 0 amide bonds. The highest BCUT2D eigenvalue weighted by atomic mass is 16.5. The van der Waals surface area contributed by atoms with Crippen LogP contribution < -0.4 is 4.74 Å². The molecule has 0 N–H and O–H groups in total. The Balaban J connectivity index is 1.13. The maximum absolute atomic E-state index is 6.31. The zero-order valence-corrected chi connectivity index (χ0v) is 23.7. The summed E-state index contributed by atoms with van der Waals surface area (Å²) < 4.78 is 14.7. The van der Waals surface area contributed by atoms with Crippen LogP contribution in [0.1, 0.15) is 11.1 Å². The van der Waals surface area contributed by atoms with E-state index in [0.29, 0.717) is 18.0 Å². The molecule has 0 fully saturated rings. The number of furan rings is 1. The third kappa shape index (κ3) is 4.19. The molecule has 0 atom stereocenters. The topological polar surface area (TPSA) is 39.7 Å². The summed E-state index contributed by atoms with van der Waals surface area (Å²) in [5.74, 6) is 0.687. The average Bonchev–Trinajstić information content (AvgIpc) is 3.59. The fraction of sp³-hybridized carbons (Fsp3) is 0.0513. The van der Waals surface area contributed by atoms with Crippen molar-refractivity contribution in [1.82, 2.24) is 4.57 Å². The van der Waals surface area contributed by atoms with E-state index in [0.717, 1.165) is 38.8 Å². The molecule has 0 aliphatic rings. The number of ether oxygens (including phenoxy) is 1. The van der Waals surface area contributed by atoms with Gasteiger partial charge in [0.05, 0.1) is 16.4 Å². The standard InChI is InChI=1S/C39H28N2O2/c1-25-12-19-35-32(22-25)38-36(43-35)20-21-37(39(38)40-2)42-24-26-13-16-29(17-14-26)41-33-11-7-6-10-30(33)31-23-28(15-18-34(31)41)27-8-4-3-5-9-27/h3-23H,2,24H2,1H3. The van der Waals surface area contributed by atoms with Gasteiger partial charge in [0.15, 0.2) is 0 Å². The number of benzene rings is 6. The lowest BCUT2D eigenvalue weighted by Crippen LogP contribution is -1.98. The van der Waals surface area contributed by atoms with Crippen LogP contribution >= 0.6 is 0 Å². The van der Waals surface area contributed by atoms with E-state index in [-0.39, 0.29) is 0 Å². The van der Waals surface area contributed by atoms with Gasteiger partial charge >= 0.3 is 0 Å². The third-order valence-electron chi connectivity index (χ3n) is 8.25. The van der Waals surface area contributed by atoms with Gasteiger partial charge in [0, 0.05) is 21.8 Å². The predicted molar refractivity (Wildman–Crippen MR) is 178 cm³/mol. The lowest BCUT2D eigenvalue weighted by atomic mass is 10.0. The predicted octanol–water partition coefficient (Wildman–Crippen LogP) is 10.6. The van der Waals surface area contributed by atoms with E-state index in [1.807, 2.05) is 24.3 Å². The molecule has 0 aliphatic carbocycles. The number of aromatic nitrogens is 1. The second-order valence-electron chi connectivity index (χ2n) is 11.0. The SMILES string of the molecule is C=Nc1c(OCc2ccc(-n3c4ccccc4c4cc(-c5ccccc5)ccc43)cc2)ccc2oc3ccc(C)cc3c12. The molecule has 0 unspecified atom stereocenters. The number of fused-ring (bicyclic) bond motifs is 6. The van der Waals surface area contributed by atoms with Gasteiger partial charge in [-0.05, 0) is 84.9 Å². The van der Waals surface area contributed by atoms with Crippen LogP contribution in [0, 0.1) is 6.92 Å². The van der Waals surface area contributed by atoms with Crippen LogP contribution in [0.3, 0.4) is 0 Å². The molecule has 206 valence electrons. The maximum atomic E-state index is 6.31. The van der Waals surface area contributed by atoms with E-state index < -0.39 is 0 Å². The number of nitrogens with zero attached hydrogens (tertiary/aromatic N) is 2. The maximum Gasteiger partial charge on any atom is 0.146 e. The van der Waals surface area contributed by atoms with Gasteiger partial charge in [0.2, 0.25) is 0 Å². The molecule has 0 saturated heterocycles. The first-order valence-corrected chi connectivity index (χ1v) is 14.4. The highest BCUT2D eigenvalue weighted by molar-refractivity contribution is 6.13. The van der Waals surface area contributed by atoms with Crippen molar-refractivity contribution in [3.63, 3.8) is 0 Å². The molecular weight excluding hydrogens is 528 g/mol. The molecule has 4 heteroatoms. The Bertz CT molecular complexity index is 2310. The molecule has 2 heterocycles. The summed E-state index contributed by atoms with van der Waals surface area (Å²) in [7, 11) is 0. The normalized spacial score (nSPS) is 11.6. The van der Waals surface area contributed by atoms with Gasteiger partial charge in [-0.25, -0.2) is 0 Å². The number of aryl methyl sites for hydroxylation is 1. The van der Waals surface area contributed by atoms with E-state index >= 15 is 0 Å². The Kier molecular flexibility index (Phi) is 5.86. The second kappa shape index (κ2) is 10.0. The molecule has 6 aromatic carbocycles. The van der Waals surface area contributed by atoms with Crippen molar-refractivity contribution in [2.75, 3.05) is 0 Å². The first-order valence-electron chi connectivity index (χ1n) is 14.4. The van der Waals surface area contributed by atoms with Crippen LogP contribution in [0.5, 0.6) is 5.75 Å². The molecule has 8 rings (SSSR count). The van der Waals surface area contributed by atoms with Crippen molar-refractivity contribution in [2.24, 2.45) is 4.99 Å². The zero-order valence-electron chi connectivity index (χ0n) is 23.7. The van der Waals surface area contributed by atoms with Crippen LogP contribution in [-0.4, -0.2) is 11.3 Å².